The Kier molecular flexibility index (Phi) is 5.09. The molecule has 1 aliphatic rings. The number of fused-ring (bicyclic) bond motifs is 1. The van der Waals surface area contributed by atoms with Crippen molar-refractivity contribution in [1.29, 1.82) is 0 Å². The van der Waals surface area contributed by atoms with Crippen molar-refractivity contribution in [3.63, 3.8) is 0 Å². The van der Waals surface area contributed by atoms with Gasteiger partial charge in [0.25, 0.3) is 0 Å². The molecule has 0 saturated heterocycles. The molecule has 0 bridgehead atoms. The van der Waals surface area contributed by atoms with Crippen molar-refractivity contribution < 1.29 is 9.84 Å². The van der Waals surface area contributed by atoms with Crippen LogP contribution < -0.4 is 4.90 Å². The summed E-state index contributed by atoms with van der Waals surface area (Å²) in [7, 11) is 0. The quantitative estimate of drug-likeness (QED) is 0.889. The third kappa shape index (κ3) is 3.87. The Bertz CT molecular complexity index is 585. The summed E-state index contributed by atoms with van der Waals surface area (Å²) in [6.45, 7) is 2.56. The number of anilines is 1. The van der Waals surface area contributed by atoms with Crippen molar-refractivity contribution in [3.8, 4) is 0 Å². The van der Waals surface area contributed by atoms with E-state index in [1.165, 1.54) is 11.3 Å². The normalized spacial score (nSPS) is 15.4. The number of nitrogens with zero attached hydrogens (tertiary/aromatic N) is 1. The smallest absolute Gasteiger partial charge is 0.0948 e. The van der Waals surface area contributed by atoms with Gasteiger partial charge in [0.1, 0.15) is 0 Å². The van der Waals surface area contributed by atoms with Crippen LogP contribution in [-0.4, -0.2) is 30.9 Å². The Hall–Kier alpha value is -1.84. The fraction of sp³-hybridized carbons (Fsp3) is 0.368. The minimum absolute atomic E-state index is 0.369. The Morgan fingerprint density at radius 2 is 1.82 bits per heavy atom. The third-order valence-corrected chi connectivity index (χ3v) is 4.06. The first-order valence-electron chi connectivity index (χ1n) is 7.95. The van der Waals surface area contributed by atoms with Crippen LogP contribution in [0.2, 0.25) is 0 Å². The number of ether oxygens (including phenoxy) is 1. The molecule has 0 saturated carbocycles. The van der Waals surface area contributed by atoms with Gasteiger partial charge in [-0.2, -0.15) is 0 Å². The minimum atomic E-state index is -0.463. The lowest BCUT2D eigenvalue weighted by molar-refractivity contribution is 0.0318. The predicted molar refractivity (Wildman–Crippen MR) is 89.1 cm³/mol. The van der Waals surface area contributed by atoms with E-state index in [-0.39, 0.29) is 0 Å². The fourth-order valence-corrected chi connectivity index (χ4v) is 3.00. The Balaban J connectivity index is 1.49. The lowest BCUT2D eigenvalue weighted by Crippen LogP contribution is -2.38. The van der Waals surface area contributed by atoms with E-state index in [0.717, 1.165) is 24.9 Å². The van der Waals surface area contributed by atoms with Crippen molar-refractivity contribution in [2.24, 2.45) is 0 Å². The average molecular weight is 297 g/mol. The second-order valence-electron chi connectivity index (χ2n) is 5.83. The average Bonchev–Trinajstić information content (AvgIpc) is 2.56. The molecule has 1 heterocycles. The summed E-state index contributed by atoms with van der Waals surface area (Å²) in [5.41, 5.74) is 3.78. The van der Waals surface area contributed by atoms with Gasteiger partial charge < -0.3 is 14.7 Å². The summed E-state index contributed by atoms with van der Waals surface area (Å²) in [6, 6.07) is 18.5. The Morgan fingerprint density at radius 3 is 2.68 bits per heavy atom. The molecular formula is C19H23NO2. The number of β-amino-alcohol motifs (C(OH)–C–C–N with tert-alkyl or cyclic N) is 1. The lowest BCUT2D eigenvalue weighted by atomic mass is 10.0. The largest absolute Gasteiger partial charge is 0.389 e. The molecule has 0 aliphatic carbocycles. The van der Waals surface area contributed by atoms with E-state index < -0.39 is 6.10 Å². The van der Waals surface area contributed by atoms with Gasteiger partial charge in [0, 0.05) is 18.8 Å². The molecule has 116 valence electrons. The highest BCUT2D eigenvalue weighted by Gasteiger charge is 2.18. The molecular weight excluding hydrogens is 274 g/mol. The van der Waals surface area contributed by atoms with Crippen LogP contribution in [0.4, 0.5) is 5.69 Å². The maximum absolute atomic E-state index is 10.2. The first-order chi connectivity index (χ1) is 10.8. The molecule has 0 amide bonds. The van der Waals surface area contributed by atoms with Gasteiger partial charge in [-0.3, -0.25) is 0 Å². The van der Waals surface area contributed by atoms with E-state index in [2.05, 4.69) is 29.2 Å². The fourth-order valence-electron chi connectivity index (χ4n) is 3.00. The molecule has 1 unspecified atom stereocenters. The molecule has 1 aliphatic heterocycles. The molecule has 3 heteroatoms. The van der Waals surface area contributed by atoms with Crippen molar-refractivity contribution in [1.82, 2.24) is 0 Å². The number of rotatable bonds is 6. The molecule has 1 atom stereocenters. The van der Waals surface area contributed by atoms with Gasteiger partial charge >= 0.3 is 0 Å². The number of benzene rings is 2. The molecule has 0 radical (unpaired) electrons. The maximum Gasteiger partial charge on any atom is 0.0948 e. The molecule has 2 aromatic carbocycles. The number of para-hydroxylation sites is 1. The highest BCUT2D eigenvalue weighted by molar-refractivity contribution is 5.55. The van der Waals surface area contributed by atoms with Crippen molar-refractivity contribution in [2.45, 2.75) is 25.6 Å². The molecule has 2 aromatic rings. The molecule has 22 heavy (non-hydrogen) atoms. The first-order valence-corrected chi connectivity index (χ1v) is 7.95. The molecule has 0 spiro atoms. The topological polar surface area (TPSA) is 32.7 Å². The summed E-state index contributed by atoms with van der Waals surface area (Å²) < 4.78 is 5.63. The molecule has 1 N–H and O–H groups in total. The zero-order chi connectivity index (χ0) is 15.2. The molecule has 3 rings (SSSR count). The van der Waals surface area contributed by atoms with E-state index >= 15 is 0 Å². The Morgan fingerprint density at radius 1 is 1.05 bits per heavy atom. The molecule has 3 nitrogen and oxygen atoms in total. The number of aryl methyl sites for hydroxylation is 1. The monoisotopic (exact) mass is 297 g/mol. The SMILES string of the molecule is OC(COCc1ccccc1)CN1CCCc2ccccc21. The predicted octanol–water partition coefficient (Wildman–Crippen LogP) is 3.02. The highest BCUT2D eigenvalue weighted by atomic mass is 16.5. The standard InChI is InChI=1S/C19H23NO2/c21-18(15-22-14-16-7-2-1-3-8-16)13-20-12-6-10-17-9-4-5-11-19(17)20/h1-5,7-9,11,18,21H,6,10,12-15H2. The summed E-state index contributed by atoms with van der Waals surface area (Å²) in [5.74, 6) is 0. The van der Waals surface area contributed by atoms with Gasteiger partial charge in [0.2, 0.25) is 0 Å². The van der Waals surface area contributed by atoms with Crippen LogP contribution in [0, 0.1) is 0 Å². The maximum atomic E-state index is 10.2. The summed E-state index contributed by atoms with van der Waals surface area (Å²) in [4.78, 5) is 2.27. The molecule has 0 fully saturated rings. The summed E-state index contributed by atoms with van der Waals surface area (Å²) >= 11 is 0. The van der Waals surface area contributed by atoms with E-state index in [1.807, 2.05) is 30.3 Å². The number of hydrogen-bond acceptors (Lipinski definition) is 3. The van der Waals surface area contributed by atoms with Gasteiger partial charge in [-0.05, 0) is 30.0 Å². The van der Waals surface area contributed by atoms with Gasteiger partial charge in [-0.1, -0.05) is 48.5 Å². The highest BCUT2D eigenvalue weighted by Crippen LogP contribution is 2.26. The Labute approximate surface area is 132 Å². The van der Waals surface area contributed by atoms with Crippen molar-refractivity contribution in [2.75, 3.05) is 24.6 Å². The summed E-state index contributed by atoms with van der Waals surface area (Å²) in [5, 5.41) is 10.2. The van der Waals surface area contributed by atoms with Gasteiger partial charge in [0.05, 0.1) is 19.3 Å². The zero-order valence-electron chi connectivity index (χ0n) is 12.8. The van der Waals surface area contributed by atoms with Crippen LogP contribution in [0.3, 0.4) is 0 Å². The van der Waals surface area contributed by atoms with Crippen molar-refractivity contribution >= 4 is 5.69 Å². The number of aliphatic hydroxyl groups is 1. The van der Waals surface area contributed by atoms with Crippen LogP contribution in [-0.2, 0) is 17.8 Å². The van der Waals surface area contributed by atoms with Gasteiger partial charge in [-0.15, -0.1) is 0 Å². The molecule has 0 aromatic heterocycles. The minimum Gasteiger partial charge on any atom is -0.389 e. The lowest BCUT2D eigenvalue weighted by Gasteiger charge is -2.32. The van der Waals surface area contributed by atoms with Crippen LogP contribution in [0.25, 0.3) is 0 Å². The van der Waals surface area contributed by atoms with Crippen LogP contribution >= 0.6 is 0 Å². The van der Waals surface area contributed by atoms with Gasteiger partial charge in [-0.25, -0.2) is 0 Å². The first kappa shape index (κ1) is 15.1. The van der Waals surface area contributed by atoms with Crippen LogP contribution in [0.1, 0.15) is 17.5 Å². The summed E-state index contributed by atoms with van der Waals surface area (Å²) in [6.07, 6.45) is 1.82. The second-order valence-corrected chi connectivity index (χ2v) is 5.83. The van der Waals surface area contributed by atoms with E-state index in [1.54, 1.807) is 0 Å². The third-order valence-electron chi connectivity index (χ3n) is 4.06. The van der Waals surface area contributed by atoms with Crippen LogP contribution in [0.5, 0.6) is 0 Å². The second kappa shape index (κ2) is 7.43. The van der Waals surface area contributed by atoms with E-state index in [9.17, 15) is 5.11 Å². The number of aliphatic hydroxyl groups excluding tert-OH is 1. The zero-order valence-corrected chi connectivity index (χ0v) is 12.8. The van der Waals surface area contributed by atoms with E-state index in [0.29, 0.717) is 19.8 Å². The van der Waals surface area contributed by atoms with Crippen molar-refractivity contribution in [3.05, 3.63) is 65.7 Å². The van der Waals surface area contributed by atoms with Gasteiger partial charge in [0.15, 0.2) is 0 Å². The van der Waals surface area contributed by atoms with E-state index in [4.69, 9.17) is 4.74 Å². The van der Waals surface area contributed by atoms with Crippen LogP contribution in [0.15, 0.2) is 54.6 Å². The number of hydrogen-bond donors (Lipinski definition) is 1.